The zero-order valence-corrected chi connectivity index (χ0v) is 32.4. The van der Waals surface area contributed by atoms with E-state index in [0.29, 0.717) is 30.4 Å². The number of piperidine rings is 1. The van der Waals surface area contributed by atoms with E-state index in [1.165, 1.54) is 9.13 Å². The second kappa shape index (κ2) is 15.1. The summed E-state index contributed by atoms with van der Waals surface area (Å²) in [5, 5.41) is 1.68. The third-order valence-electron chi connectivity index (χ3n) is 8.75. The Morgan fingerprint density at radius 2 is 1.17 bits per heavy atom. The van der Waals surface area contributed by atoms with Crippen LogP contribution >= 0.6 is 0 Å². The van der Waals surface area contributed by atoms with Gasteiger partial charge in [-0.2, -0.15) is 0 Å². The first kappa shape index (κ1) is 39.1. The normalized spacial score (nSPS) is 15.5. The average Bonchev–Trinajstić information content (AvgIpc) is 3.61. The number of aromatic nitrogens is 2. The Morgan fingerprint density at radius 1 is 0.698 bits per heavy atom. The smallest absolute Gasteiger partial charge is 0.419 e. The van der Waals surface area contributed by atoms with Gasteiger partial charge in [0, 0.05) is 49.2 Å². The summed E-state index contributed by atoms with van der Waals surface area (Å²) in [4.78, 5) is 69.9. The number of rotatable bonds is 7. The molecule has 0 bridgehead atoms. The number of carbonyl (C=O) groups is 5. The van der Waals surface area contributed by atoms with Gasteiger partial charge in [-0.15, -0.1) is 0 Å². The molecule has 1 aliphatic rings. The number of likely N-dealkylation sites (tertiary alicyclic amines) is 1. The molecule has 2 aromatic heterocycles. The first-order chi connectivity index (χ1) is 24.7. The quantitative estimate of drug-likeness (QED) is 0.175. The third kappa shape index (κ3) is 9.65. The molecule has 1 saturated heterocycles. The Labute approximate surface area is 310 Å². The van der Waals surface area contributed by atoms with E-state index in [1.807, 2.05) is 69.3 Å². The lowest BCUT2D eigenvalue weighted by molar-refractivity contribution is -0.142. The fourth-order valence-electron chi connectivity index (χ4n) is 6.47. The molecule has 3 amide bonds. The summed E-state index contributed by atoms with van der Waals surface area (Å²) in [6, 6.07) is 14.9. The average molecular weight is 729 g/mol. The molecule has 1 aliphatic heterocycles. The molecular formula is C41H52N4O8. The number of ether oxygens (including phenoxy) is 3. The van der Waals surface area contributed by atoms with Crippen molar-refractivity contribution < 1.29 is 38.2 Å². The van der Waals surface area contributed by atoms with Crippen LogP contribution in [0.4, 0.5) is 14.4 Å². The van der Waals surface area contributed by atoms with Crippen molar-refractivity contribution in [3.8, 4) is 0 Å². The van der Waals surface area contributed by atoms with Gasteiger partial charge in [-0.1, -0.05) is 36.4 Å². The zero-order valence-electron chi connectivity index (χ0n) is 32.4. The van der Waals surface area contributed by atoms with Crippen LogP contribution in [0.3, 0.4) is 0 Å². The topological polar surface area (TPSA) is 129 Å². The molecule has 12 heteroatoms. The summed E-state index contributed by atoms with van der Waals surface area (Å²) in [6.45, 7) is 16.5. The van der Waals surface area contributed by atoms with E-state index >= 15 is 0 Å². The number of imide groups is 1. The number of carbonyl (C=O) groups excluding carboxylic acids is 5. The van der Waals surface area contributed by atoms with E-state index in [1.54, 1.807) is 58.8 Å². The first-order valence-corrected chi connectivity index (χ1v) is 18.2. The maximum Gasteiger partial charge on any atom is 0.419 e. The number of para-hydroxylation sites is 2. The highest BCUT2D eigenvalue weighted by atomic mass is 16.6. The highest BCUT2D eigenvalue weighted by Crippen LogP contribution is 2.28. The predicted octanol–water partition coefficient (Wildman–Crippen LogP) is 7.95. The molecule has 12 nitrogen and oxygen atoms in total. The van der Waals surface area contributed by atoms with Crippen LogP contribution in [-0.4, -0.2) is 85.5 Å². The Kier molecular flexibility index (Phi) is 11.1. The monoisotopic (exact) mass is 728 g/mol. The molecule has 53 heavy (non-hydrogen) atoms. The lowest BCUT2D eigenvalue weighted by Crippen LogP contribution is -2.50. The molecule has 0 N–H and O–H groups in total. The van der Waals surface area contributed by atoms with Crippen molar-refractivity contribution in [1.29, 1.82) is 0 Å². The highest BCUT2D eigenvalue weighted by Gasteiger charge is 2.37. The molecule has 0 aliphatic carbocycles. The number of amides is 3. The molecule has 1 unspecified atom stereocenters. The third-order valence-corrected chi connectivity index (χ3v) is 8.75. The number of fused-ring (bicyclic) bond motifs is 2. The molecule has 0 radical (unpaired) electrons. The van der Waals surface area contributed by atoms with Gasteiger partial charge in [0.05, 0.1) is 17.0 Å². The highest BCUT2D eigenvalue weighted by molar-refractivity contribution is 5.96. The largest absolute Gasteiger partial charge is 0.443 e. The summed E-state index contributed by atoms with van der Waals surface area (Å²) in [6.07, 6.45) is 2.82. The van der Waals surface area contributed by atoms with Crippen molar-refractivity contribution in [3.05, 3.63) is 72.1 Å². The minimum absolute atomic E-state index is 0.00465. The van der Waals surface area contributed by atoms with Gasteiger partial charge in [0.25, 0.3) is 0 Å². The zero-order chi connectivity index (χ0) is 38.9. The van der Waals surface area contributed by atoms with Gasteiger partial charge in [-0.3, -0.25) is 18.7 Å². The van der Waals surface area contributed by atoms with Crippen LogP contribution in [0.15, 0.2) is 60.9 Å². The minimum atomic E-state index is -0.852. The Hall–Kier alpha value is -5.13. The maximum atomic E-state index is 14.2. The molecule has 0 spiro atoms. The van der Waals surface area contributed by atoms with E-state index in [-0.39, 0.29) is 31.8 Å². The van der Waals surface area contributed by atoms with Gasteiger partial charge in [0.1, 0.15) is 16.8 Å². The number of nitrogens with zero attached hydrogens (tertiary/aromatic N) is 4. The van der Waals surface area contributed by atoms with Crippen LogP contribution in [0.5, 0.6) is 0 Å². The number of benzene rings is 2. The summed E-state index contributed by atoms with van der Waals surface area (Å²) >= 11 is 0. The first-order valence-electron chi connectivity index (χ1n) is 18.2. The van der Waals surface area contributed by atoms with Gasteiger partial charge < -0.3 is 19.1 Å². The predicted molar refractivity (Wildman–Crippen MR) is 202 cm³/mol. The van der Waals surface area contributed by atoms with Gasteiger partial charge in [0.15, 0.2) is 0 Å². The van der Waals surface area contributed by atoms with Crippen LogP contribution in [0.2, 0.25) is 0 Å². The second-order valence-electron chi connectivity index (χ2n) is 16.6. The summed E-state index contributed by atoms with van der Waals surface area (Å²) in [7, 11) is 0. The summed E-state index contributed by atoms with van der Waals surface area (Å²) in [5.41, 5.74) is 0.773. The Balaban J connectivity index is 1.34. The standard InChI is InChI=1S/C41H52N4O8/c1-39(2,3)51-36(48)43(23-21-28-26-45(38(50)53-41(7,8)9)33-17-13-11-15-31(28)33)35(47)29-18-19-34(46)42(24-29)22-20-27-25-44(37(49)52-40(4,5)6)32-16-12-10-14-30(27)32/h10-17,25-26,29H,18-24H2,1-9H3. The summed E-state index contributed by atoms with van der Waals surface area (Å²) < 4.78 is 19.9. The molecular weight excluding hydrogens is 676 g/mol. The van der Waals surface area contributed by atoms with Gasteiger partial charge >= 0.3 is 18.3 Å². The molecule has 3 heterocycles. The fourth-order valence-corrected chi connectivity index (χ4v) is 6.47. The van der Waals surface area contributed by atoms with Crippen LogP contribution in [0.25, 0.3) is 21.8 Å². The van der Waals surface area contributed by atoms with Gasteiger partial charge in [-0.25, -0.2) is 19.3 Å². The van der Waals surface area contributed by atoms with Crippen molar-refractivity contribution in [2.24, 2.45) is 5.92 Å². The van der Waals surface area contributed by atoms with E-state index in [4.69, 9.17) is 14.2 Å². The van der Waals surface area contributed by atoms with Crippen molar-refractivity contribution in [2.45, 2.75) is 105 Å². The van der Waals surface area contributed by atoms with E-state index in [2.05, 4.69) is 0 Å². The van der Waals surface area contributed by atoms with E-state index in [9.17, 15) is 24.0 Å². The molecule has 284 valence electrons. The lowest BCUT2D eigenvalue weighted by atomic mass is 9.95. The molecule has 4 aromatic rings. The van der Waals surface area contributed by atoms with Gasteiger partial charge in [0.2, 0.25) is 11.8 Å². The van der Waals surface area contributed by atoms with Crippen molar-refractivity contribution in [2.75, 3.05) is 19.6 Å². The van der Waals surface area contributed by atoms with E-state index < -0.39 is 46.9 Å². The van der Waals surface area contributed by atoms with Crippen LogP contribution in [0.1, 0.15) is 86.3 Å². The van der Waals surface area contributed by atoms with Crippen LogP contribution in [0, 0.1) is 5.92 Å². The Bertz CT molecular complexity index is 2020. The molecule has 1 atom stereocenters. The number of hydrogen-bond donors (Lipinski definition) is 0. The second-order valence-corrected chi connectivity index (χ2v) is 16.6. The van der Waals surface area contributed by atoms with Gasteiger partial charge in [-0.05, 0) is 105 Å². The van der Waals surface area contributed by atoms with Crippen LogP contribution in [-0.2, 0) is 36.6 Å². The van der Waals surface area contributed by atoms with Crippen molar-refractivity contribution >= 4 is 51.9 Å². The number of hydrogen-bond acceptors (Lipinski definition) is 8. The maximum absolute atomic E-state index is 14.2. The fraction of sp³-hybridized carbons (Fsp3) is 0.488. The lowest BCUT2D eigenvalue weighted by Gasteiger charge is -2.35. The molecule has 5 rings (SSSR count). The Morgan fingerprint density at radius 3 is 1.66 bits per heavy atom. The molecule has 1 fully saturated rings. The SMILES string of the molecule is CC(C)(C)OC(=O)N(CCc1cn(C(=O)OC(C)(C)C)c2ccccc12)C(=O)C1CCC(=O)N(CCc2cn(C(=O)OC(C)(C)C)c3ccccc23)C1. The summed E-state index contributed by atoms with van der Waals surface area (Å²) in [5.74, 6) is -1.13. The molecule has 2 aromatic carbocycles. The molecule has 0 saturated carbocycles. The van der Waals surface area contributed by atoms with Crippen molar-refractivity contribution in [1.82, 2.24) is 18.9 Å². The minimum Gasteiger partial charge on any atom is -0.443 e. The van der Waals surface area contributed by atoms with E-state index in [0.717, 1.165) is 26.8 Å². The van der Waals surface area contributed by atoms with Crippen molar-refractivity contribution in [3.63, 3.8) is 0 Å². The van der Waals surface area contributed by atoms with Crippen LogP contribution < -0.4 is 0 Å².